The van der Waals surface area contributed by atoms with E-state index in [4.69, 9.17) is 0 Å². The lowest BCUT2D eigenvalue weighted by Gasteiger charge is -2.34. The third kappa shape index (κ3) is 3.22. The fraction of sp³-hybridized carbons (Fsp3) is 0.412. The Balaban J connectivity index is 1.48. The molecule has 0 aliphatic carbocycles. The number of anilines is 1. The minimum atomic E-state index is 0.663. The first-order valence-corrected chi connectivity index (χ1v) is 8.27. The molecule has 1 fully saturated rings. The summed E-state index contributed by atoms with van der Waals surface area (Å²) in [5.41, 5.74) is 2.78. The molecule has 1 aliphatic heterocycles. The highest BCUT2D eigenvalue weighted by Gasteiger charge is 2.19. The summed E-state index contributed by atoms with van der Waals surface area (Å²) in [6.07, 6.45) is 2.47. The van der Waals surface area contributed by atoms with E-state index < -0.39 is 0 Å². The van der Waals surface area contributed by atoms with Crippen molar-refractivity contribution in [3.8, 4) is 0 Å². The lowest BCUT2D eigenvalue weighted by atomic mass is 10.0. The zero-order valence-electron chi connectivity index (χ0n) is 12.0. The van der Waals surface area contributed by atoms with Gasteiger partial charge in [-0.3, -0.25) is 0 Å². The van der Waals surface area contributed by atoms with Gasteiger partial charge in [0, 0.05) is 36.2 Å². The number of nitrogens with zero attached hydrogens (tertiary/aromatic N) is 1. The van der Waals surface area contributed by atoms with Crippen LogP contribution in [0, 0.1) is 6.92 Å². The summed E-state index contributed by atoms with van der Waals surface area (Å²) in [4.78, 5) is 3.98. The standard InChI is InChI=1S/C17H22N2S/c1-14-9-12-20-17(14)13-18-15-7-10-19(11-8-15)16-5-3-2-4-6-16/h2-6,9,12,15,18H,7-8,10-11,13H2,1H3. The first-order valence-electron chi connectivity index (χ1n) is 7.39. The van der Waals surface area contributed by atoms with Crippen LogP contribution in [0.5, 0.6) is 0 Å². The van der Waals surface area contributed by atoms with Gasteiger partial charge < -0.3 is 10.2 Å². The summed E-state index contributed by atoms with van der Waals surface area (Å²) in [5.74, 6) is 0. The fourth-order valence-corrected chi connectivity index (χ4v) is 3.66. The Bertz CT molecular complexity index is 527. The van der Waals surface area contributed by atoms with Gasteiger partial charge >= 0.3 is 0 Å². The molecule has 20 heavy (non-hydrogen) atoms. The van der Waals surface area contributed by atoms with Crippen molar-refractivity contribution in [1.29, 1.82) is 0 Å². The fourth-order valence-electron chi connectivity index (χ4n) is 2.80. The first-order chi connectivity index (χ1) is 9.83. The van der Waals surface area contributed by atoms with E-state index in [9.17, 15) is 0 Å². The van der Waals surface area contributed by atoms with E-state index in [2.05, 4.69) is 58.9 Å². The van der Waals surface area contributed by atoms with Crippen molar-refractivity contribution in [2.45, 2.75) is 32.4 Å². The highest BCUT2D eigenvalue weighted by Crippen LogP contribution is 2.20. The number of hydrogen-bond donors (Lipinski definition) is 1. The molecule has 3 rings (SSSR count). The quantitative estimate of drug-likeness (QED) is 0.919. The molecule has 0 saturated carbocycles. The second-order valence-corrected chi connectivity index (χ2v) is 6.51. The van der Waals surface area contributed by atoms with Crippen molar-refractivity contribution >= 4 is 17.0 Å². The summed E-state index contributed by atoms with van der Waals surface area (Å²) in [6.45, 7) is 5.54. The highest BCUT2D eigenvalue weighted by molar-refractivity contribution is 7.10. The molecule has 2 heterocycles. The summed E-state index contributed by atoms with van der Waals surface area (Å²) < 4.78 is 0. The number of hydrogen-bond acceptors (Lipinski definition) is 3. The molecular formula is C17H22N2S. The molecular weight excluding hydrogens is 264 g/mol. The number of benzene rings is 1. The second kappa shape index (κ2) is 6.42. The van der Waals surface area contributed by atoms with Crippen molar-refractivity contribution in [2.75, 3.05) is 18.0 Å². The van der Waals surface area contributed by atoms with Gasteiger partial charge in [-0.15, -0.1) is 11.3 Å². The van der Waals surface area contributed by atoms with Crippen LogP contribution in [0.2, 0.25) is 0 Å². The van der Waals surface area contributed by atoms with E-state index in [1.807, 2.05) is 11.3 Å². The van der Waals surface area contributed by atoms with Crippen LogP contribution in [0.3, 0.4) is 0 Å². The SMILES string of the molecule is Cc1ccsc1CNC1CCN(c2ccccc2)CC1. The van der Waals surface area contributed by atoms with Gasteiger partial charge in [0.05, 0.1) is 0 Å². The van der Waals surface area contributed by atoms with Gasteiger partial charge in [0.2, 0.25) is 0 Å². The number of thiophene rings is 1. The number of nitrogens with one attached hydrogen (secondary N) is 1. The Morgan fingerprint density at radius 2 is 1.90 bits per heavy atom. The molecule has 2 nitrogen and oxygen atoms in total. The third-order valence-corrected chi connectivity index (χ3v) is 5.16. The minimum Gasteiger partial charge on any atom is -0.371 e. The Morgan fingerprint density at radius 3 is 2.55 bits per heavy atom. The van der Waals surface area contributed by atoms with E-state index in [1.165, 1.54) is 29.0 Å². The molecule has 0 unspecified atom stereocenters. The number of aryl methyl sites for hydroxylation is 1. The molecule has 0 atom stereocenters. The van der Waals surface area contributed by atoms with Crippen LogP contribution in [0.1, 0.15) is 23.3 Å². The van der Waals surface area contributed by atoms with Crippen LogP contribution >= 0.6 is 11.3 Å². The molecule has 1 N–H and O–H groups in total. The van der Waals surface area contributed by atoms with E-state index >= 15 is 0 Å². The Hall–Kier alpha value is -1.32. The van der Waals surface area contributed by atoms with Gasteiger partial charge in [-0.05, 0) is 48.9 Å². The summed E-state index contributed by atoms with van der Waals surface area (Å²) in [6, 6.07) is 13.6. The molecule has 1 saturated heterocycles. The van der Waals surface area contributed by atoms with Gasteiger partial charge in [-0.1, -0.05) is 18.2 Å². The van der Waals surface area contributed by atoms with Crippen LogP contribution in [-0.2, 0) is 6.54 Å². The van der Waals surface area contributed by atoms with E-state index in [1.54, 1.807) is 0 Å². The maximum atomic E-state index is 3.72. The Labute approximate surface area is 125 Å². The molecule has 0 radical (unpaired) electrons. The molecule has 1 aromatic heterocycles. The van der Waals surface area contributed by atoms with Crippen molar-refractivity contribution in [1.82, 2.24) is 5.32 Å². The van der Waals surface area contributed by atoms with Gasteiger partial charge in [-0.25, -0.2) is 0 Å². The second-order valence-electron chi connectivity index (χ2n) is 5.50. The predicted octanol–water partition coefficient (Wildman–Crippen LogP) is 3.82. The predicted molar refractivity (Wildman–Crippen MR) is 87.6 cm³/mol. The smallest absolute Gasteiger partial charge is 0.0366 e. The summed E-state index contributed by atoms with van der Waals surface area (Å²) >= 11 is 1.86. The zero-order valence-corrected chi connectivity index (χ0v) is 12.8. The third-order valence-electron chi connectivity index (χ3n) is 4.14. The van der Waals surface area contributed by atoms with Crippen LogP contribution in [-0.4, -0.2) is 19.1 Å². The highest BCUT2D eigenvalue weighted by atomic mass is 32.1. The maximum absolute atomic E-state index is 3.72. The monoisotopic (exact) mass is 286 g/mol. The Kier molecular flexibility index (Phi) is 4.38. The Morgan fingerprint density at radius 1 is 1.15 bits per heavy atom. The molecule has 0 spiro atoms. The van der Waals surface area contributed by atoms with Crippen LogP contribution < -0.4 is 10.2 Å². The van der Waals surface area contributed by atoms with Gasteiger partial charge in [-0.2, -0.15) is 0 Å². The average molecular weight is 286 g/mol. The van der Waals surface area contributed by atoms with Crippen LogP contribution in [0.15, 0.2) is 41.8 Å². The first kappa shape index (κ1) is 13.7. The molecule has 0 bridgehead atoms. The average Bonchev–Trinajstić information content (AvgIpc) is 2.92. The summed E-state index contributed by atoms with van der Waals surface area (Å²) in [7, 11) is 0. The molecule has 106 valence electrons. The van der Waals surface area contributed by atoms with Crippen molar-refractivity contribution < 1.29 is 0 Å². The lowest BCUT2D eigenvalue weighted by molar-refractivity contribution is 0.415. The normalized spacial score (nSPS) is 16.6. The van der Waals surface area contributed by atoms with Crippen LogP contribution in [0.4, 0.5) is 5.69 Å². The van der Waals surface area contributed by atoms with E-state index in [0.717, 1.165) is 19.6 Å². The van der Waals surface area contributed by atoms with Crippen molar-refractivity contribution in [3.05, 3.63) is 52.2 Å². The van der Waals surface area contributed by atoms with E-state index in [-0.39, 0.29) is 0 Å². The molecule has 3 heteroatoms. The molecule has 1 aromatic carbocycles. The van der Waals surface area contributed by atoms with Crippen LogP contribution in [0.25, 0.3) is 0 Å². The van der Waals surface area contributed by atoms with Gasteiger partial charge in [0.25, 0.3) is 0 Å². The maximum Gasteiger partial charge on any atom is 0.0366 e. The van der Waals surface area contributed by atoms with Gasteiger partial charge in [0.15, 0.2) is 0 Å². The minimum absolute atomic E-state index is 0.663. The van der Waals surface area contributed by atoms with E-state index in [0.29, 0.717) is 6.04 Å². The van der Waals surface area contributed by atoms with Crippen molar-refractivity contribution in [3.63, 3.8) is 0 Å². The molecule has 1 aliphatic rings. The largest absolute Gasteiger partial charge is 0.371 e. The molecule has 0 amide bonds. The number of rotatable bonds is 4. The number of piperidine rings is 1. The lowest BCUT2D eigenvalue weighted by Crippen LogP contribution is -2.42. The number of para-hydroxylation sites is 1. The zero-order chi connectivity index (χ0) is 13.8. The topological polar surface area (TPSA) is 15.3 Å². The molecule has 2 aromatic rings. The van der Waals surface area contributed by atoms with Crippen molar-refractivity contribution in [2.24, 2.45) is 0 Å². The summed E-state index contributed by atoms with van der Waals surface area (Å²) in [5, 5.41) is 5.91. The van der Waals surface area contributed by atoms with Gasteiger partial charge in [0.1, 0.15) is 0 Å².